The van der Waals surface area contributed by atoms with Gasteiger partial charge in [-0.25, -0.2) is 9.37 Å². The van der Waals surface area contributed by atoms with Crippen LogP contribution in [0.2, 0.25) is 0 Å². The number of aliphatic hydroxyl groups is 1. The van der Waals surface area contributed by atoms with Crippen LogP contribution >= 0.6 is 0 Å². The Hall–Kier alpha value is -1.72. The zero-order chi connectivity index (χ0) is 16.2. The fraction of sp³-hybridized carbons (Fsp3) is 0.471. The van der Waals surface area contributed by atoms with E-state index in [0.717, 1.165) is 5.56 Å². The molecule has 0 aliphatic carbocycles. The maximum atomic E-state index is 13.4. The van der Waals surface area contributed by atoms with Crippen molar-refractivity contribution in [2.24, 2.45) is 0 Å². The molecule has 2 aromatic rings. The summed E-state index contributed by atoms with van der Waals surface area (Å²) in [6.45, 7) is 5.88. The van der Waals surface area contributed by atoms with Gasteiger partial charge in [-0.05, 0) is 20.8 Å². The van der Waals surface area contributed by atoms with E-state index in [1.807, 2.05) is 41.8 Å². The van der Waals surface area contributed by atoms with Crippen LogP contribution in [0.1, 0.15) is 32.3 Å². The molecule has 120 valence electrons. The predicted molar refractivity (Wildman–Crippen MR) is 84.1 cm³/mol. The third-order valence-corrected chi connectivity index (χ3v) is 3.27. The molecule has 22 heavy (non-hydrogen) atoms. The number of ether oxygens (including phenoxy) is 1. The van der Waals surface area contributed by atoms with Crippen molar-refractivity contribution < 1.29 is 14.2 Å². The normalized spacial score (nSPS) is 11.9. The number of benzene rings is 1. The second kappa shape index (κ2) is 7.03. The van der Waals surface area contributed by atoms with Crippen LogP contribution in [0.25, 0.3) is 11.3 Å². The number of nitrogens with zero attached hydrogens (tertiary/aromatic N) is 2. The summed E-state index contributed by atoms with van der Waals surface area (Å²) >= 11 is 0. The molecule has 1 aromatic carbocycles. The summed E-state index contributed by atoms with van der Waals surface area (Å²) in [4.78, 5) is 4.38. The maximum Gasteiger partial charge on any atom is 0.135 e. The first-order valence-electron chi connectivity index (χ1n) is 7.46. The Morgan fingerprint density at radius 3 is 2.50 bits per heavy atom. The molecule has 0 fully saturated rings. The Kier molecular flexibility index (Phi) is 5.32. The van der Waals surface area contributed by atoms with E-state index in [-0.39, 0.29) is 0 Å². The third-order valence-electron chi connectivity index (χ3n) is 3.27. The summed E-state index contributed by atoms with van der Waals surface area (Å²) in [5, 5.41) is 10.2. The van der Waals surface area contributed by atoms with Crippen molar-refractivity contribution in [1.29, 1.82) is 0 Å². The Morgan fingerprint density at radius 2 is 1.95 bits per heavy atom. The van der Waals surface area contributed by atoms with E-state index in [1.165, 1.54) is 0 Å². The summed E-state index contributed by atoms with van der Waals surface area (Å²) in [6.07, 6.45) is 0. The third kappa shape index (κ3) is 3.93. The van der Waals surface area contributed by atoms with Crippen molar-refractivity contribution in [3.8, 4) is 11.3 Å². The van der Waals surface area contributed by atoms with Gasteiger partial charge in [-0.2, -0.15) is 0 Å². The number of alkyl halides is 1. The van der Waals surface area contributed by atoms with Gasteiger partial charge in [0.1, 0.15) is 19.1 Å². The fourth-order valence-electron chi connectivity index (χ4n) is 2.43. The fourth-order valence-corrected chi connectivity index (χ4v) is 2.43. The highest BCUT2D eigenvalue weighted by Gasteiger charge is 2.23. The van der Waals surface area contributed by atoms with Gasteiger partial charge in [0.15, 0.2) is 0 Å². The van der Waals surface area contributed by atoms with Crippen LogP contribution in [0.3, 0.4) is 0 Å². The Labute approximate surface area is 130 Å². The molecule has 0 spiro atoms. The summed E-state index contributed by atoms with van der Waals surface area (Å²) < 4.78 is 20.7. The van der Waals surface area contributed by atoms with Crippen molar-refractivity contribution in [3.05, 3.63) is 41.9 Å². The van der Waals surface area contributed by atoms with Crippen molar-refractivity contribution in [1.82, 2.24) is 9.55 Å². The van der Waals surface area contributed by atoms with Gasteiger partial charge in [-0.15, -0.1) is 0 Å². The SMILES string of the molecule is CCOCc1nc(CF)c(-c2ccccc2)n1CC(C)(C)O. The highest BCUT2D eigenvalue weighted by atomic mass is 19.1. The zero-order valence-corrected chi connectivity index (χ0v) is 13.3. The molecule has 0 radical (unpaired) electrons. The van der Waals surface area contributed by atoms with Crippen molar-refractivity contribution >= 4 is 0 Å². The minimum Gasteiger partial charge on any atom is -0.389 e. The Balaban J connectivity index is 2.55. The molecule has 0 aliphatic heterocycles. The Bertz CT molecular complexity index is 603. The standard InChI is InChI=1S/C17H23FN2O2/c1-4-22-11-15-19-14(10-18)16(13-8-6-5-7-9-13)20(15)12-17(2,3)21/h5-9,21H,4,10-12H2,1-3H3. The van der Waals surface area contributed by atoms with Gasteiger partial charge in [0.05, 0.1) is 23.5 Å². The van der Waals surface area contributed by atoms with Gasteiger partial charge >= 0.3 is 0 Å². The van der Waals surface area contributed by atoms with Crippen LogP contribution in [-0.4, -0.2) is 26.9 Å². The number of imidazole rings is 1. The minimum absolute atomic E-state index is 0.298. The minimum atomic E-state index is -0.932. The first-order chi connectivity index (χ1) is 10.5. The lowest BCUT2D eigenvalue weighted by Gasteiger charge is -2.22. The molecule has 0 unspecified atom stereocenters. The second-order valence-electron chi connectivity index (χ2n) is 5.86. The lowest BCUT2D eigenvalue weighted by Crippen LogP contribution is -2.27. The highest BCUT2D eigenvalue weighted by molar-refractivity contribution is 5.63. The quantitative estimate of drug-likeness (QED) is 0.853. The maximum absolute atomic E-state index is 13.4. The first-order valence-corrected chi connectivity index (χ1v) is 7.46. The van der Waals surface area contributed by atoms with Crippen LogP contribution in [-0.2, 0) is 24.6 Å². The molecule has 5 heteroatoms. The molecule has 0 atom stereocenters. The van der Waals surface area contributed by atoms with Crippen LogP contribution in [0.15, 0.2) is 30.3 Å². The largest absolute Gasteiger partial charge is 0.389 e. The molecule has 2 rings (SSSR count). The molecule has 0 saturated heterocycles. The van der Waals surface area contributed by atoms with Gasteiger partial charge in [0.25, 0.3) is 0 Å². The highest BCUT2D eigenvalue weighted by Crippen LogP contribution is 2.28. The van der Waals surface area contributed by atoms with E-state index in [1.54, 1.807) is 13.8 Å². The summed E-state index contributed by atoms with van der Waals surface area (Å²) in [6, 6.07) is 9.56. The van der Waals surface area contributed by atoms with Crippen LogP contribution in [0, 0.1) is 0 Å². The lowest BCUT2D eigenvalue weighted by molar-refractivity contribution is 0.0574. The summed E-state index contributed by atoms with van der Waals surface area (Å²) in [5.41, 5.74) is 1.04. The van der Waals surface area contributed by atoms with Gasteiger partial charge in [0, 0.05) is 12.2 Å². The monoisotopic (exact) mass is 306 g/mol. The summed E-state index contributed by atoms with van der Waals surface area (Å²) in [5.74, 6) is 0.635. The van der Waals surface area contributed by atoms with E-state index < -0.39 is 12.3 Å². The zero-order valence-electron chi connectivity index (χ0n) is 13.3. The van der Waals surface area contributed by atoms with Crippen LogP contribution in [0.4, 0.5) is 4.39 Å². The van der Waals surface area contributed by atoms with Crippen molar-refractivity contribution in [2.75, 3.05) is 6.61 Å². The lowest BCUT2D eigenvalue weighted by atomic mass is 10.1. The molecule has 0 aliphatic rings. The molecule has 1 aromatic heterocycles. The van der Waals surface area contributed by atoms with Gasteiger partial charge in [-0.3, -0.25) is 0 Å². The molecule has 1 heterocycles. The van der Waals surface area contributed by atoms with E-state index in [0.29, 0.717) is 37.0 Å². The van der Waals surface area contributed by atoms with E-state index in [4.69, 9.17) is 4.74 Å². The van der Waals surface area contributed by atoms with E-state index >= 15 is 0 Å². The van der Waals surface area contributed by atoms with Crippen LogP contribution < -0.4 is 0 Å². The molecule has 0 amide bonds. The molecule has 0 bridgehead atoms. The number of hydrogen-bond acceptors (Lipinski definition) is 3. The topological polar surface area (TPSA) is 47.3 Å². The number of aromatic nitrogens is 2. The van der Waals surface area contributed by atoms with Gasteiger partial charge < -0.3 is 14.4 Å². The van der Waals surface area contributed by atoms with Gasteiger partial charge in [-0.1, -0.05) is 30.3 Å². The van der Waals surface area contributed by atoms with Gasteiger partial charge in [0.2, 0.25) is 0 Å². The van der Waals surface area contributed by atoms with Crippen molar-refractivity contribution in [3.63, 3.8) is 0 Å². The van der Waals surface area contributed by atoms with E-state index in [9.17, 15) is 9.50 Å². The average Bonchev–Trinajstić information content (AvgIpc) is 2.81. The smallest absolute Gasteiger partial charge is 0.135 e. The molecule has 0 saturated carbocycles. The van der Waals surface area contributed by atoms with Crippen molar-refractivity contribution in [2.45, 2.75) is 46.2 Å². The summed E-state index contributed by atoms with van der Waals surface area (Å²) in [7, 11) is 0. The Morgan fingerprint density at radius 1 is 1.27 bits per heavy atom. The van der Waals surface area contributed by atoms with E-state index in [2.05, 4.69) is 4.98 Å². The number of rotatable bonds is 7. The van der Waals surface area contributed by atoms with Crippen LogP contribution in [0.5, 0.6) is 0 Å². The number of hydrogen-bond donors (Lipinski definition) is 1. The molecule has 4 nitrogen and oxygen atoms in total. The average molecular weight is 306 g/mol. The second-order valence-corrected chi connectivity index (χ2v) is 5.86. The number of halogens is 1. The molecular formula is C17H23FN2O2. The molecular weight excluding hydrogens is 283 g/mol. The molecule has 1 N–H and O–H groups in total. The first kappa shape index (κ1) is 16.6. The predicted octanol–water partition coefficient (Wildman–Crippen LogP) is 3.33.